The summed E-state index contributed by atoms with van der Waals surface area (Å²) < 4.78 is 0. The van der Waals surface area contributed by atoms with Crippen LogP contribution in [0.3, 0.4) is 0 Å². The molecule has 24 heavy (non-hydrogen) atoms. The Morgan fingerprint density at radius 2 is 1.96 bits per heavy atom. The summed E-state index contributed by atoms with van der Waals surface area (Å²) >= 11 is 0. The zero-order valence-corrected chi connectivity index (χ0v) is 14.1. The number of hydrogen-bond acceptors (Lipinski definition) is 4. The number of nitrogens with zero attached hydrogens (tertiary/aromatic N) is 2. The van der Waals surface area contributed by atoms with Crippen molar-refractivity contribution >= 4 is 11.7 Å². The minimum atomic E-state index is -0.135. The fraction of sp³-hybridized carbons (Fsp3) is 0.421. The normalized spacial score (nSPS) is 13.5. The van der Waals surface area contributed by atoms with Gasteiger partial charge in [0.15, 0.2) is 5.82 Å². The van der Waals surface area contributed by atoms with Crippen molar-refractivity contribution in [3.8, 4) is 11.4 Å². The molecule has 1 aliphatic rings. The molecular formula is C19H24N4O. The molecule has 0 radical (unpaired) electrons. The first kappa shape index (κ1) is 16.4. The van der Waals surface area contributed by atoms with Gasteiger partial charge < -0.3 is 10.6 Å². The van der Waals surface area contributed by atoms with Crippen LogP contribution in [0, 0.1) is 0 Å². The van der Waals surface area contributed by atoms with Gasteiger partial charge in [-0.3, -0.25) is 4.79 Å². The van der Waals surface area contributed by atoms with E-state index in [4.69, 9.17) is 0 Å². The zero-order valence-electron chi connectivity index (χ0n) is 14.1. The molecule has 1 heterocycles. The van der Waals surface area contributed by atoms with E-state index in [0.717, 1.165) is 43.5 Å². The molecule has 0 spiro atoms. The fourth-order valence-corrected chi connectivity index (χ4v) is 2.46. The van der Waals surface area contributed by atoms with Crippen molar-refractivity contribution in [2.75, 3.05) is 11.9 Å². The van der Waals surface area contributed by atoms with E-state index in [9.17, 15) is 4.79 Å². The number of aromatic nitrogens is 2. The predicted octanol–water partition coefficient (Wildman–Crippen LogP) is 3.64. The maximum absolute atomic E-state index is 12.4. The molecule has 0 unspecified atom stereocenters. The Labute approximate surface area is 142 Å². The molecule has 5 nitrogen and oxygen atoms in total. The molecule has 2 aromatic rings. The highest BCUT2D eigenvalue weighted by Gasteiger charge is 2.22. The van der Waals surface area contributed by atoms with Crippen molar-refractivity contribution in [2.24, 2.45) is 0 Å². The standard InChI is InChI=1S/C19H24N4O/c1-2-3-7-12-20-19(24)16-13-17(21-15-10-11-15)23-18(22-16)14-8-5-4-6-9-14/h4-6,8-9,13,15H,2-3,7,10-12H2,1H3,(H,20,24)(H,21,22,23). The van der Waals surface area contributed by atoms with E-state index in [2.05, 4.69) is 27.5 Å². The van der Waals surface area contributed by atoms with E-state index < -0.39 is 0 Å². The van der Waals surface area contributed by atoms with Crippen LogP contribution in [-0.2, 0) is 0 Å². The average Bonchev–Trinajstić information content (AvgIpc) is 3.43. The second-order valence-electron chi connectivity index (χ2n) is 6.21. The first-order valence-electron chi connectivity index (χ1n) is 8.75. The highest BCUT2D eigenvalue weighted by atomic mass is 16.1. The third-order valence-corrected chi connectivity index (χ3v) is 3.99. The predicted molar refractivity (Wildman–Crippen MR) is 96.0 cm³/mol. The van der Waals surface area contributed by atoms with Gasteiger partial charge in [-0.1, -0.05) is 50.1 Å². The lowest BCUT2D eigenvalue weighted by atomic mass is 10.2. The number of rotatable bonds is 8. The van der Waals surface area contributed by atoms with Crippen LogP contribution in [0.5, 0.6) is 0 Å². The number of carbonyl (C=O) groups is 1. The zero-order chi connectivity index (χ0) is 16.8. The molecule has 0 saturated heterocycles. The molecule has 3 rings (SSSR count). The summed E-state index contributed by atoms with van der Waals surface area (Å²) in [6, 6.07) is 12.0. The van der Waals surface area contributed by atoms with Gasteiger partial charge in [-0.25, -0.2) is 9.97 Å². The molecule has 0 aliphatic heterocycles. The highest BCUT2D eigenvalue weighted by Crippen LogP contribution is 2.25. The van der Waals surface area contributed by atoms with Gasteiger partial charge in [0.25, 0.3) is 5.91 Å². The molecule has 0 atom stereocenters. The maximum atomic E-state index is 12.4. The van der Waals surface area contributed by atoms with Crippen LogP contribution in [0.2, 0.25) is 0 Å². The molecule has 0 bridgehead atoms. The minimum absolute atomic E-state index is 0.135. The number of unbranched alkanes of at least 4 members (excludes halogenated alkanes) is 2. The van der Waals surface area contributed by atoms with Crippen molar-refractivity contribution in [3.05, 3.63) is 42.1 Å². The van der Waals surface area contributed by atoms with Crippen LogP contribution >= 0.6 is 0 Å². The minimum Gasteiger partial charge on any atom is -0.367 e. The quantitative estimate of drug-likeness (QED) is 0.728. The second-order valence-corrected chi connectivity index (χ2v) is 6.21. The summed E-state index contributed by atoms with van der Waals surface area (Å²) in [5.74, 6) is 1.18. The molecule has 126 valence electrons. The Hall–Kier alpha value is -2.43. The van der Waals surface area contributed by atoms with E-state index in [1.807, 2.05) is 30.3 Å². The van der Waals surface area contributed by atoms with Gasteiger partial charge in [0.05, 0.1) is 0 Å². The summed E-state index contributed by atoms with van der Waals surface area (Å²) in [4.78, 5) is 21.5. The van der Waals surface area contributed by atoms with Crippen molar-refractivity contribution in [3.63, 3.8) is 0 Å². The van der Waals surface area contributed by atoms with Crippen LogP contribution < -0.4 is 10.6 Å². The number of benzene rings is 1. The van der Waals surface area contributed by atoms with Gasteiger partial charge in [-0.05, 0) is 19.3 Å². The molecule has 5 heteroatoms. The third kappa shape index (κ3) is 4.54. The van der Waals surface area contributed by atoms with Crippen molar-refractivity contribution in [1.29, 1.82) is 0 Å². The lowest BCUT2D eigenvalue weighted by molar-refractivity contribution is 0.0948. The van der Waals surface area contributed by atoms with Gasteiger partial charge >= 0.3 is 0 Å². The van der Waals surface area contributed by atoms with E-state index in [1.165, 1.54) is 0 Å². The Balaban J connectivity index is 1.80. The molecule has 1 aromatic heterocycles. The number of hydrogen-bond donors (Lipinski definition) is 2. The Morgan fingerprint density at radius 1 is 1.17 bits per heavy atom. The van der Waals surface area contributed by atoms with E-state index in [0.29, 0.717) is 24.1 Å². The molecule has 1 aliphatic carbocycles. The van der Waals surface area contributed by atoms with Gasteiger partial charge in [-0.15, -0.1) is 0 Å². The van der Waals surface area contributed by atoms with E-state index >= 15 is 0 Å². The van der Waals surface area contributed by atoms with E-state index in [-0.39, 0.29) is 5.91 Å². The van der Waals surface area contributed by atoms with Gasteiger partial charge in [0.1, 0.15) is 11.5 Å². The molecule has 1 amide bonds. The third-order valence-electron chi connectivity index (χ3n) is 3.99. The van der Waals surface area contributed by atoms with Crippen LogP contribution in [0.25, 0.3) is 11.4 Å². The summed E-state index contributed by atoms with van der Waals surface area (Å²) in [7, 11) is 0. The SMILES string of the molecule is CCCCCNC(=O)c1cc(NC2CC2)nc(-c2ccccc2)n1. The topological polar surface area (TPSA) is 66.9 Å². The first-order valence-corrected chi connectivity index (χ1v) is 8.75. The van der Waals surface area contributed by atoms with Crippen LogP contribution in [0.15, 0.2) is 36.4 Å². The molecule has 1 saturated carbocycles. The summed E-state index contributed by atoms with van der Waals surface area (Å²) in [6.07, 6.45) is 5.56. The lowest BCUT2D eigenvalue weighted by Gasteiger charge is -2.10. The lowest BCUT2D eigenvalue weighted by Crippen LogP contribution is -2.26. The largest absolute Gasteiger partial charge is 0.367 e. The Bertz CT molecular complexity index is 683. The van der Waals surface area contributed by atoms with Crippen LogP contribution in [0.1, 0.15) is 49.5 Å². The smallest absolute Gasteiger partial charge is 0.270 e. The number of nitrogens with one attached hydrogen (secondary N) is 2. The summed E-state index contributed by atoms with van der Waals surface area (Å²) in [6.45, 7) is 2.83. The van der Waals surface area contributed by atoms with Gasteiger partial charge in [-0.2, -0.15) is 0 Å². The van der Waals surface area contributed by atoms with Gasteiger partial charge in [0, 0.05) is 24.2 Å². The first-order chi connectivity index (χ1) is 11.8. The number of anilines is 1. The van der Waals surface area contributed by atoms with Crippen molar-refractivity contribution in [2.45, 2.75) is 45.1 Å². The summed E-state index contributed by atoms with van der Waals surface area (Å²) in [5.41, 5.74) is 1.33. The fourth-order valence-electron chi connectivity index (χ4n) is 2.46. The Kier molecular flexibility index (Phi) is 5.41. The molecule has 1 fully saturated rings. The van der Waals surface area contributed by atoms with Crippen LogP contribution in [-0.4, -0.2) is 28.5 Å². The average molecular weight is 324 g/mol. The Morgan fingerprint density at radius 3 is 2.67 bits per heavy atom. The van der Waals surface area contributed by atoms with E-state index in [1.54, 1.807) is 6.07 Å². The highest BCUT2D eigenvalue weighted by molar-refractivity contribution is 5.93. The maximum Gasteiger partial charge on any atom is 0.270 e. The van der Waals surface area contributed by atoms with Gasteiger partial charge in [0.2, 0.25) is 0 Å². The number of carbonyl (C=O) groups excluding carboxylic acids is 1. The summed E-state index contributed by atoms with van der Waals surface area (Å²) in [5, 5.41) is 6.32. The monoisotopic (exact) mass is 324 g/mol. The molecule has 1 aromatic carbocycles. The number of amides is 1. The second kappa shape index (κ2) is 7.90. The molecule has 2 N–H and O–H groups in total. The van der Waals surface area contributed by atoms with Crippen molar-refractivity contribution in [1.82, 2.24) is 15.3 Å². The van der Waals surface area contributed by atoms with Crippen LogP contribution in [0.4, 0.5) is 5.82 Å². The van der Waals surface area contributed by atoms with Crippen molar-refractivity contribution < 1.29 is 4.79 Å². The molecular weight excluding hydrogens is 300 g/mol.